The number of fused-ring (bicyclic) bond motifs is 1. The standard InChI is InChI=1S/C19H15N3O/c1-13-11-16(15-8-4-5-9-17(15)21-13)19(23)22(2)18-10-6-3-7-14(18)12-20/h3-11H,1-2H3. The van der Waals surface area contributed by atoms with Crippen molar-refractivity contribution in [1.29, 1.82) is 5.26 Å². The van der Waals surface area contributed by atoms with E-state index in [1.807, 2.05) is 37.3 Å². The smallest absolute Gasteiger partial charge is 0.258 e. The van der Waals surface area contributed by atoms with Gasteiger partial charge in [-0.1, -0.05) is 30.3 Å². The van der Waals surface area contributed by atoms with E-state index in [4.69, 9.17) is 0 Å². The van der Waals surface area contributed by atoms with Gasteiger partial charge in [0.2, 0.25) is 0 Å². The van der Waals surface area contributed by atoms with Crippen LogP contribution in [0, 0.1) is 18.3 Å². The first-order valence-corrected chi connectivity index (χ1v) is 7.25. The van der Waals surface area contributed by atoms with Crippen LogP contribution in [0.2, 0.25) is 0 Å². The van der Waals surface area contributed by atoms with E-state index in [-0.39, 0.29) is 5.91 Å². The molecule has 1 aromatic heterocycles. The number of amides is 1. The Bertz CT molecular complexity index is 941. The number of pyridine rings is 1. The Balaban J connectivity index is 2.12. The molecule has 3 aromatic rings. The van der Waals surface area contributed by atoms with Crippen LogP contribution in [0.4, 0.5) is 5.69 Å². The van der Waals surface area contributed by atoms with Crippen molar-refractivity contribution in [1.82, 2.24) is 4.98 Å². The van der Waals surface area contributed by atoms with Crippen LogP contribution in [0.15, 0.2) is 54.6 Å². The summed E-state index contributed by atoms with van der Waals surface area (Å²) in [6.45, 7) is 1.87. The number of carbonyl (C=O) groups excluding carboxylic acids is 1. The summed E-state index contributed by atoms with van der Waals surface area (Å²) >= 11 is 0. The SMILES string of the molecule is Cc1cc(C(=O)N(C)c2ccccc2C#N)c2ccccc2n1. The van der Waals surface area contributed by atoms with Gasteiger partial charge in [0, 0.05) is 18.1 Å². The van der Waals surface area contributed by atoms with Crippen molar-refractivity contribution in [3.8, 4) is 6.07 Å². The van der Waals surface area contributed by atoms with E-state index in [2.05, 4.69) is 11.1 Å². The molecular weight excluding hydrogens is 286 g/mol. The van der Waals surface area contributed by atoms with E-state index in [1.165, 1.54) is 4.90 Å². The molecule has 1 heterocycles. The van der Waals surface area contributed by atoms with Crippen molar-refractivity contribution >= 4 is 22.5 Å². The highest BCUT2D eigenvalue weighted by Gasteiger charge is 2.19. The summed E-state index contributed by atoms with van der Waals surface area (Å²) in [4.78, 5) is 18.9. The number of rotatable bonds is 2. The Labute approximate surface area is 134 Å². The molecule has 0 bridgehead atoms. The van der Waals surface area contributed by atoms with E-state index in [0.717, 1.165) is 16.6 Å². The van der Waals surface area contributed by atoms with Crippen LogP contribution in [0.1, 0.15) is 21.6 Å². The van der Waals surface area contributed by atoms with Gasteiger partial charge in [-0.2, -0.15) is 5.26 Å². The minimum absolute atomic E-state index is 0.158. The average Bonchev–Trinajstić information content (AvgIpc) is 2.59. The van der Waals surface area contributed by atoms with Crippen molar-refractivity contribution in [3.63, 3.8) is 0 Å². The van der Waals surface area contributed by atoms with Gasteiger partial charge in [-0.05, 0) is 31.2 Å². The first-order chi connectivity index (χ1) is 11.1. The molecule has 0 aliphatic heterocycles. The number of aryl methyl sites for hydroxylation is 1. The molecule has 0 N–H and O–H groups in total. The van der Waals surface area contributed by atoms with Gasteiger partial charge in [0.15, 0.2) is 0 Å². The maximum Gasteiger partial charge on any atom is 0.258 e. The highest BCUT2D eigenvalue weighted by atomic mass is 16.2. The molecule has 0 aliphatic rings. The number of carbonyl (C=O) groups is 1. The molecule has 4 heteroatoms. The maximum atomic E-state index is 13.0. The minimum atomic E-state index is -0.158. The molecular formula is C19H15N3O. The summed E-state index contributed by atoms with van der Waals surface area (Å²) < 4.78 is 0. The van der Waals surface area contributed by atoms with Crippen molar-refractivity contribution in [2.24, 2.45) is 0 Å². The summed E-state index contributed by atoms with van der Waals surface area (Å²) in [5, 5.41) is 10.0. The summed E-state index contributed by atoms with van der Waals surface area (Å²) in [6.07, 6.45) is 0. The minimum Gasteiger partial charge on any atom is -0.310 e. The normalized spacial score (nSPS) is 10.3. The van der Waals surface area contributed by atoms with E-state index >= 15 is 0 Å². The van der Waals surface area contributed by atoms with Gasteiger partial charge in [-0.3, -0.25) is 9.78 Å². The monoisotopic (exact) mass is 301 g/mol. The van der Waals surface area contributed by atoms with Crippen molar-refractivity contribution in [2.45, 2.75) is 6.92 Å². The van der Waals surface area contributed by atoms with Gasteiger partial charge >= 0.3 is 0 Å². The Morgan fingerprint density at radius 1 is 1.13 bits per heavy atom. The molecule has 23 heavy (non-hydrogen) atoms. The van der Waals surface area contributed by atoms with Crippen LogP contribution in [-0.2, 0) is 0 Å². The summed E-state index contributed by atoms with van der Waals surface area (Å²) in [7, 11) is 1.68. The van der Waals surface area contributed by atoms with Crippen LogP contribution in [0.25, 0.3) is 10.9 Å². The second-order valence-corrected chi connectivity index (χ2v) is 5.32. The second-order valence-electron chi connectivity index (χ2n) is 5.32. The van der Waals surface area contributed by atoms with Gasteiger partial charge in [0.05, 0.1) is 22.3 Å². The molecule has 1 amide bonds. The highest BCUT2D eigenvalue weighted by molar-refractivity contribution is 6.13. The van der Waals surface area contributed by atoms with Gasteiger partial charge in [-0.25, -0.2) is 0 Å². The molecule has 3 rings (SSSR count). The average molecular weight is 301 g/mol. The number of nitriles is 1. The number of hydrogen-bond acceptors (Lipinski definition) is 3. The molecule has 0 spiro atoms. The maximum absolute atomic E-state index is 13.0. The van der Waals surface area contributed by atoms with Crippen LogP contribution < -0.4 is 4.90 Å². The molecule has 4 nitrogen and oxygen atoms in total. The molecule has 2 aromatic carbocycles. The molecule has 112 valence electrons. The molecule has 0 saturated heterocycles. The zero-order valence-corrected chi connectivity index (χ0v) is 12.9. The summed E-state index contributed by atoms with van der Waals surface area (Å²) in [5.41, 5.74) is 3.23. The lowest BCUT2D eigenvalue weighted by Gasteiger charge is -2.19. The van der Waals surface area contributed by atoms with E-state index < -0.39 is 0 Å². The number of para-hydroxylation sites is 2. The third-order valence-corrected chi connectivity index (χ3v) is 3.77. The fourth-order valence-corrected chi connectivity index (χ4v) is 2.64. The Hall–Kier alpha value is -3.19. The zero-order chi connectivity index (χ0) is 16.4. The van der Waals surface area contributed by atoms with Crippen molar-refractivity contribution in [2.75, 3.05) is 11.9 Å². The lowest BCUT2D eigenvalue weighted by Crippen LogP contribution is -2.27. The van der Waals surface area contributed by atoms with Gasteiger partial charge < -0.3 is 4.90 Å². The van der Waals surface area contributed by atoms with Gasteiger partial charge in [-0.15, -0.1) is 0 Å². The largest absolute Gasteiger partial charge is 0.310 e. The van der Waals surface area contributed by atoms with Gasteiger partial charge in [0.25, 0.3) is 5.91 Å². The Morgan fingerprint density at radius 3 is 2.61 bits per heavy atom. The highest BCUT2D eigenvalue weighted by Crippen LogP contribution is 2.24. The first kappa shape index (κ1) is 14.7. The van der Waals surface area contributed by atoms with Gasteiger partial charge in [0.1, 0.15) is 6.07 Å². The summed E-state index contributed by atoms with van der Waals surface area (Å²) in [5.74, 6) is -0.158. The molecule has 0 fully saturated rings. The lowest BCUT2D eigenvalue weighted by atomic mass is 10.1. The fraction of sp³-hybridized carbons (Fsp3) is 0.105. The molecule has 0 atom stereocenters. The summed E-state index contributed by atoms with van der Waals surface area (Å²) in [6, 6.07) is 18.6. The predicted molar refractivity (Wildman–Crippen MR) is 90.4 cm³/mol. The zero-order valence-electron chi connectivity index (χ0n) is 12.9. The Morgan fingerprint density at radius 2 is 1.83 bits per heavy atom. The van der Waals surface area contributed by atoms with Crippen LogP contribution in [0.5, 0.6) is 0 Å². The number of aromatic nitrogens is 1. The van der Waals surface area contributed by atoms with Crippen LogP contribution in [0.3, 0.4) is 0 Å². The topological polar surface area (TPSA) is 57.0 Å². The quantitative estimate of drug-likeness (QED) is 0.725. The van der Waals surface area contributed by atoms with E-state index in [1.54, 1.807) is 31.3 Å². The molecule has 0 unspecified atom stereocenters. The third kappa shape index (κ3) is 2.65. The predicted octanol–water partition coefficient (Wildman–Crippen LogP) is 3.69. The van der Waals surface area contributed by atoms with Crippen molar-refractivity contribution < 1.29 is 4.79 Å². The van der Waals surface area contributed by atoms with Crippen LogP contribution >= 0.6 is 0 Å². The fourth-order valence-electron chi connectivity index (χ4n) is 2.64. The Kier molecular flexibility index (Phi) is 3.78. The third-order valence-electron chi connectivity index (χ3n) is 3.77. The molecule has 0 aliphatic carbocycles. The number of nitrogens with zero attached hydrogens (tertiary/aromatic N) is 3. The number of benzene rings is 2. The van der Waals surface area contributed by atoms with Crippen molar-refractivity contribution in [3.05, 3.63) is 71.4 Å². The lowest BCUT2D eigenvalue weighted by molar-refractivity contribution is 0.0994. The first-order valence-electron chi connectivity index (χ1n) is 7.25. The van der Waals surface area contributed by atoms with Crippen LogP contribution in [-0.4, -0.2) is 17.9 Å². The number of anilines is 1. The van der Waals surface area contributed by atoms with E-state index in [0.29, 0.717) is 16.8 Å². The molecule has 0 saturated carbocycles. The second kappa shape index (κ2) is 5.90. The van der Waals surface area contributed by atoms with E-state index in [9.17, 15) is 10.1 Å². The molecule has 0 radical (unpaired) electrons. The number of hydrogen-bond donors (Lipinski definition) is 0.